The highest BCUT2D eigenvalue weighted by atomic mass is 31.2. The molecule has 1 aliphatic rings. The highest BCUT2D eigenvalue weighted by Crippen LogP contribution is 2.43. The zero-order valence-electron chi connectivity index (χ0n) is 27.0. The molecule has 0 aliphatic heterocycles. The number of ether oxygens (including phenoxy) is 2. The summed E-state index contributed by atoms with van der Waals surface area (Å²) in [6, 6.07) is 0. The van der Waals surface area contributed by atoms with Crippen LogP contribution in [0.25, 0.3) is 0 Å². The highest BCUT2D eigenvalue weighted by Gasteiger charge is 2.41. The summed E-state index contributed by atoms with van der Waals surface area (Å²) >= 11 is 0. The molecule has 0 radical (unpaired) electrons. The third-order valence-corrected chi connectivity index (χ3v) is 8.32. The second-order valence-corrected chi connectivity index (χ2v) is 14.0. The number of rotatable bonds is 23. The van der Waals surface area contributed by atoms with Crippen LogP contribution in [-0.4, -0.2) is 114 Å². The van der Waals surface area contributed by atoms with Crippen molar-refractivity contribution in [1.82, 2.24) is 0 Å². The van der Waals surface area contributed by atoms with Crippen molar-refractivity contribution in [3.8, 4) is 0 Å². The maximum absolute atomic E-state index is 12.7. The summed E-state index contributed by atoms with van der Waals surface area (Å²) in [5, 5.41) is 31.0. The average molecular weight is 653 g/mol. The fourth-order valence-corrected chi connectivity index (χ4v) is 5.53. The van der Waals surface area contributed by atoms with Crippen LogP contribution < -0.4 is 0 Å². The number of phosphoric ester groups is 1. The first-order valence-corrected chi connectivity index (χ1v) is 17.0. The fourth-order valence-electron chi connectivity index (χ4n) is 4.79. The molecule has 0 amide bonds. The first-order valence-electron chi connectivity index (χ1n) is 15.5. The number of carbonyl (C=O) groups excluding carboxylic acids is 3. The zero-order chi connectivity index (χ0) is 33.3. The van der Waals surface area contributed by atoms with Gasteiger partial charge in [-0.1, -0.05) is 38.3 Å². The molecule has 256 valence electrons. The van der Waals surface area contributed by atoms with Gasteiger partial charge in [0.05, 0.1) is 46.1 Å². The predicted molar refractivity (Wildman–Crippen MR) is 162 cm³/mol. The molecule has 44 heavy (non-hydrogen) atoms. The van der Waals surface area contributed by atoms with E-state index in [1.807, 2.05) is 21.1 Å². The van der Waals surface area contributed by atoms with Crippen molar-refractivity contribution < 1.29 is 62.2 Å². The minimum absolute atomic E-state index is 0.0374. The van der Waals surface area contributed by atoms with Crippen molar-refractivity contribution in [3.63, 3.8) is 0 Å². The number of aliphatic hydroxyl groups excluding tert-OH is 3. The highest BCUT2D eigenvalue weighted by molar-refractivity contribution is 7.47. The molecular formula is C30H55NO12P+. The van der Waals surface area contributed by atoms with Gasteiger partial charge < -0.3 is 34.2 Å². The van der Waals surface area contributed by atoms with Crippen molar-refractivity contribution in [2.75, 3.05) is 47.5 Å². The van der Waals surface area contributed by atoms with Crippen LogP contribution in [0.5, 0.6) is 0 Å². The van der Waals surface area contributed by atoms with E-state index in [2.05, 4.69) is 6.92 Å². The van der Waals surface area contributed by atoms with Gasteiger partial charge in [-0.05, 0) is 19.3 Å². The monoisotopic (exact) mass is 652 g/mol. The molecule has 0 aromatic carbocycles. The molecule has 7 atom stereocenters. The number of hydrogen-bond donors (Lipinski definition) is 4. The minimum Gasteiger partial charge on any atom is -0.462 e. The Morgan fingerprint density at radius 3 is 2.32 bits per heavy atom. The zero-order valence-corrected chi connectivity index (χ0v) is 27.9. The van der Waals surface area contributed by atoms with Crippen molar-refractivity contribution in [2.24, 2.45) is 11.8 Å². The summed E-state index contributed by atoms with van der Waals surface area (Å²) in [5.41, 5.74) is 0. The number of carbonyl (C=O) groups is 3. The number of ketones is 1. The Kier molecular flexibility index (Phi) is 18.7. The maximum Gasteiger partial charge on any atom is 0.472 e. The lowest BCUT2D eigenvalue weighted by Crippen LogP contribution is -2.37. The first-order chi connectivity index (χ1) is 20.5. The third-order valence-electron chi connectivity index (χ3n) is 7.34. The van der Waals surface area contributed by atoms with E-state index >= 15 is 0 Å². The minimum atomic E-state index is -4.43. The molecule has 1 saturated carbocycles. The molecule has 1 unspecified atom stereocenters. The third kappa shape index (κ3) is 18.3. The molecule has 14 heteroatoms. The van der Waals surface area contributed by atoms with Gasteiger partial charge in [0.2, 0.25) is 0 Å². The standard InChI is InChI=1S/C30H54NO12P/c1-6-7-8-11-23(33)14-15-26-27(29(36)19-28(26)35)18-24(34)12-9-10-13-30(37)43-25(20-40-22(2)32)21-42-44(38,39)41-17-16-31(3,4)5/h14-15,23,25-29,33,35-36H,6-13,16-21H2,1-5H3/p+1/b15-14+/t23-,25+,26+,27+,28+,29-/m0/s1. The summed E-state index contributed by atoms with van der Waals surface area (Å²) in [4.78, 5) is 46.2. The average Bonchev–Trinajstić information content (AvgIpc) is 3.17. The van der Waals surface area contributed by atoms with Crippen molar-refractivity contribution in [1.29, 1.82) is 0 Å². The number of unbranched alkanes of at least 4 members (excludes halogenated alkanes) is 3. The van der Waals surface area contributed by atoms with Gasteiger partial charge in [-0.15, -0.1) is 0 Å². The summed E-state index contributed by atoms with van der Waals surface area (Å²) in [6.07, 6.45) is 4.59. The largest absolute Gasteiger partial charge is 0.472 e. The lowest BCUT2D eigenvalue weighted by atomic mass is 9.87. The van der Waals surface area contributed by atoms with Gasteiger partial charge in [0.15, 0.2) is 6.10 Å². The van der Waals surface area contributed by atoms with Crippen molar-refractivity contribution in [2.45, 2.75) is 102 Å². The summed E-state index contributed by atoms with van der Waals surface area (Å²) in [6.45, 7) is 2.76. The molecular weight excluding hydrogens is 597 g/mol. The lowest BCUT2D eigenvalue weighted by molar-refractivity contribution is -0.870. The Morgan fingerprint density at radius 1 is 1.00 bits per heavy atom. The summed E-state index contributed by atoms with van der Waals surface area (Å²) < 4.78 is 32.7. The molecule has 0 aromatic heterocycles. The Balaban J connectivity index is 2.51. The van der Waals surface area contributed by atoms with Crippen LogP contribution in [0.2, 0.25) is 0 Å². The molecule has 0 bridgehead atoms. The van der Waals surface area contributed by atoms with E-state index in [9.17, 15) is 39.2 Å². The quantitative estimate of drug-likeness (QED) is 0.0416. The molecule has 0 saturated heterocycles. The van der Waals surface area contributed by atoms with Crippen LogP contribution in [0.3, 0.4) is 0 Å². The Labute approximate surface area is 261 Å². The Bertz CT molecular complexity index is 953. The van der Waals surface area contributed by atoms with E-state index < -0.39 is 62.6 Å². The van der Waals surface area contributed by atoms with Gasteiger partial charge in [-0.25, -0.2) is 4.57 Å². The number of likely N-dealkylation sites (N-methyl/N-ethyl adjacent to an activating group) is 1. The van der Waals surface area contributed by atoms with E-state index in [0.717, 1.165) is 19.3 Å². The van der Waals surface area contributed by atoms with Crippen LogP contribution in [0, 0.1) is 11.8 Å². The molecule has 13 nitrogen and oxygen atoms in total. The first kappa shape index (κ1) is 40.3. The van der Waals surface area contributed by atoms with Crippen molar-refractivity contribution >= 4 is 25.5 Å². The van der Waals surface area contributed by atoms with Gasteiger partial charge in [-0.2, -0.15) is 0 Å². The van der Waals surface area contributed by atoms with E-state index in [1.165, 1.54) is 6.92 Å². The number of quaternary nitrogens is 1. The molecule has 0 aromatic rings. The topological polar surface area (TPSA) is 186 Å². The van der Waals surface area contributed by atoms with E-state index in [0.29, 0.717) is 30.3 Å². The van der Waals surface area contributed by atoms with Gasteiger partial charge in [-0.3, -0.25) is 23.4 Å². The van der Waals surface area contributed by atoms with E-state index in [4.69, 9.17) is 18.5 Å². The molecule has 4 N–H and O–H groups in total. The smallest absolute Gasteiger partial charge is 0.462 e. The number of phosphoric acid groups is 1. The Morgan fingerprint density at radius 2 is 1.68 bits per heavy atom. The molecule has 1 rings (SSSR count). The van der Waals surface area contributed by atoms with E-state index in [1.54, 1.807) is 12.2 Å². The number of nitrogens with zero attached hydrogens (tertiary/aromatic N) is 1. The lowest BCUT2D eigenvalue weighted by Gasteiger charge is -2.24. The summed E-state index contributed by atoms with van der Waals surface area (Å²) in [5.74, 6) is -2.28. The second kappa shape index (κ2) is 20.4. The number of esters is 2. The maximum atomic E-state index is 12.7. The van der Waals surface area contributed by atoms with Crippen LogP contribution in [0.15, 0.2) is 12.2 Å². The van der Waals surface area contributed by atoms with E-state index in [-0.39, 0.29) is 44.7 Å². The molecule has 0 spiro atoms. The fraction of sp³-hybridized carbons (Fsp3) is 0.833. The van der Waals surface area contributed by atoms with Crippen LogP contribution in [0.1, 0.15) is 78.1 Å². The van der Waals surface area contributed by atoms with Crippen LogP contribution >= 0.6 is 7.82 Å². The van der Waals surface area contributed by atoms with Crippen molar-refractivity contribution in [3.05, 3.63) is 12.2 Å². The second-order valence-electron chi connectivity index (χ2n) is 12.5. The van der Waals surface area contributed by atoms with Gasteiger partial charge >= 0.3 is 19.8 Å². The Hall–Kier alpha value is -1.70. The van der Waals surface area contributed by atoms with Gasteiger partial charge in [0.25, 0.3) is 0 Å². The predicted octanol–water partition coefficient (Wildman–Crippen LogP) is 2.68. The molecule has 0 heterocycles. The molecule has 1 aliphatic carbocycles. The summed E-state index contributed by atoms with van der Waals surface area (Å²) in [7, 11) is 1.24. The number of hydrogen-bond acceptors (Lipinski definition) is 11. The van der Waals surface area contributed by atoms with Gasteiger partial charge in [0, 0.05) is 44.4 Å². The van der Waals surface area contributed by atoms with Crippen LogP contribution in [-0.2, 0) is 37.5 Å². The molecule has 1 fully saturated rings. The van der Waals surface area contributed by atoms with Crippen LogP contribution in [0.4, 0.5) is 0 Å². The number of Topliss-reactive ketones (excluding diaryl/α,β-unsaturated/α-hetero) is 1. The van der Waals surface area contributed by atoms with Gasteiger partial charge in [0.1, 0.15) is 25.5 Å². The normalized spacial score (nSPS) is 23.3. The SMILES string of the molecule is CCCCC[C@H](O)/C=C/[C@@H]1[C@@H](CC(=O)CCCCC(=O)O[C@H](COC(C)=O)COP(=O)(O)OCC[N+](C)(C)C)[C@@H](O)C[C@H]1O. The number of aliphatic hydroxyl groups is 3.